The Morgan fingerprint density at radius 3 is 2.77 bits per heavy atom. The predicted octanol–water partition coefficient (Wildman–Crippen LogP) is 2.69. The van der Waals surface area contributed by atoms with Crippen molar-refractivity contribution >= 4 is 5.97 Å². The first-order chi connectivity index (χ1) is 6.33. The third kappa shape index (κ3) is 4.11. The fourth-order valence-electron chi connectivity index (χ4n) is 1.77. The number of rotatable bonds is 5. The van der Waals surface area contributed by atoms with Gasteiger partial charge in [0.15, 0.2) is 0 Å². The lowest BCUT2D eigenvalue weighted by Gasteiger charge is -2.07. The van der Waals surface area contributed by atoms with Crippen LogP contribution in [0.5, 0.6) is 0 Å². The Morgan fingerprint density at radius 1 is 1.46 bits per heavy atom. The first kappa shape index (κ1) is 10.3. The standard InChI is InChI=1S/C11H18O2/c1-2-3-8-13-11(12)9-10-6-4-5-7-10/h2,10H,1,3-9H2. The van der Waals surface area contributed by atoms with Gasteiger partial charge >= 0.3 is 5.97 Å². The molecule has 0 N–H and O–H groups in total. The summed E-state index contributed by atoms with van der Waals surface area (Å²) in [7, 11) is 0. The van der Waals surface area contributed by atoms with Gasteiger partial charge in [0.25, 0.3) is 0 Å². The number of esters is 1. The minimum Gasteiger partial charge on any atom is -0.465 e. The van der Waals surface area contributed by atoms with E-state index in [9.17, 15) is 4.79 Å². The first-order valence-corrected chi connectivity index (χ1v) is 5.09. The Kier molecular flexibility index (Phi) is 4.58. The molecule has 2 nitrogen and oxygen atoms in total. The van der Waals surface area contributed by atoms with Crippen molar-refractivity contribution in [1.29, 1.82) is 0 Å². The van der Waals surface area contributed by atoms with E-state index in [2.05, 4.69) is 6.58 Å². The Balaban J connectivity index is 2.05. The van der Waals surface area contributed by atoms with Crippen LogP contribution < -0.4 is 0 Å². The van der Waals surface area contributed by atoms with E-state index in [0.717, 1.165) is 6.42 Å². The average Bonchev–Trinajstić information content (AvgIpc) is 2.57. The maximum Gasteiger partial charge on any atom is 0.306 e. The molecular weight excluding hydrogens is 164 g/mol. The van der Waals surface area contributed by atoms with Gasteiger partial charge in [-0.3, -0.25) is 4.79 Å². The van der Waals surface area contributed by atoms with Crippen LogP contribution in [0.25, 0.3) is 0 Å². The molecule has 0 aliphatic heterocycles. The van der Waals surface area contributed by atoms with Crippen molar-refractivity contribution in [2.24, 2.45) is 5.92 Å². The number of hydrogen-bond donors (Lipinski definition) is 0. The molecule has 2 heteroatoms. The van der Waals surface area contributed by atoms with E-state index in [1.165, 1.54) is 25.7 Å². The first-order valence-electron chi connectivity index (χ1n) is 5.09. The molecule has 1 fully saturated rings. The summed E-state index contributed by atoms with van der Waals surface area (Å²) < 4.78 is 5.03. The van der Waals surface area contributed by atoms with Gasteiger partial charge in [-0.05, 0) is 25.2 Å². The van der Waals surface area contributed by atoms with Gasteiger partial charge in [0.1, 0.15) is 0 Å². The van der Waals surface area contributed by atoms with Gasteiger partial charge in [0, 0.05) is 6.42 Å². The lowest BCUT2D eigenvalue weighted by atomic mass is 10.0. The van der Waals surface area contributed by atoms with Crippen molar-refractivity contribution in [1.82, 2.24) is 0 Å². The van der Waals surface area contributed by atoms with Crippen LogP contribution in [0.2, 0.25) is 0 Å². The molecule has 0 heterocycles. The molecule has 1 saturated carbocycles. The lowest BCUT2D eigenvalue weighted by molar-refractivity contribution is -0.144. The van der Waals surface area contributed by atoms with Crippen LogP contribution in [0.4, 0.5) is 0 Å². The summed E-state index contributed by atoms with van der Waals surface area (Å²) in [5, 5.41) is 0. The highest BCUT2D eigenvalue weighted by molar-refractivity contribution is 5.69. The lowest BCUT2D eigenvalue weighted by Crippen LogP contribution is -2.09. The maximum atomic E-state index is 11.2. The van der Waals surface area contributed by atoms with Crippen LogP contribution in [0.15, 0.2) is 12.7 Å². The summed E-state index contributed by atoms with van der Waals surface area (Å²) in [4.78, 5) is 11.2. The summed E-state index contributed by atoms with van der Waals surface area (Å²) in [6, 6.07) is 0. The van der Waals surface area contributed by atoms with Crippen LogP contribution in [-0.2, 0) is 9.53 Å². The highest BCUT2D eigenvalue weighted by atomic mass is 16.5. The van der Waals surface area contributed by atoms with Gasteiger partial charge in [0.2, 0.25) is 0 Å². The van der Waals surface area contributed by atoms with Gasteiger partial charge < -0.3 is 4.74 Å². The molecule has 1 aliphatic rings. The van der Waals surface area contributed by atoms with Crippen molar-refractivity contribution in [2.75, 3.05) is 6.61 Å². The van der Waals surface area contributed by atoms with Crippen LogP contribution in [0, 0.1) is 5.92 Å². The van der Waals surface area contributed by atoms with Crippen LogP contribution in [-0.4, -0.2) is 12.6 Å². The molecule has 0 aromatic carbocycles. The highest BCUT2D eigenvalue weighted by Gasteiger charge is 2.18. The van der Waals surface area contributed by atoms with Crippen LogP contribution in [0.1, 0.15) is 38.5 Å². The van der Waals surface area contributed by atoms with Gasteiger partial charge in [-0.25, -0.2) is 0 Å². The zero-order valence-electron chi connectivity index (χ0n) is 8.13. The molecular formula is C11H18O2. The molecule has 1 rings (SSSR count). The molecule has 0 unspecified atom stereocenters. The Bertz CT molecular complexity index is 169. The summed E-state index contributed by atoms with van der Waals surface area (Å²) in [6.07, 6.45) is 8.12. The van der Waals surface area contributed by atoms with Crippen LogP contribution >= 0.6 is 0 Å². The third-order valence-corrected chi connectivity index (χ3v) is 2.52. The Morgan fingerprint density at radius 2 is 2.15 bits per heavy atom. The molecule has 0 spiro atoms. The number of carbonyl (C=O) groups excluding carboxylic acids is 1. The zero-order valence-corrected chi connectivity index (χ0v) is 8.13. The molecule has 0 aromatic rings. The van der Waals surface area contributed by atoms with Crippen molar-refractivity contribution in [3.8, 4) is 0 Å². The van der Waals surface area contributed by atoms with Crippen molar-refractivity contribution < 1.29 is 9.53 Å². The van der Waals surface area contributed by atoms with E-state index in [-0.39, 0.29) is 5.97 Å². The SMILES string of the molecule is C=CCCOC(=O)CC1CCCC1. The van der Waals surface area contributed by atoms with Crippen molar-refractivity contribution in [3.63, 3.8) is 0 Å². The van der Waals surface area contributed by atoms with Crippen LogP contribution in [0.3, 0.4) is 0 Å². The normalized spacial score (nSPS) is 17.2. The second-order valence-electron chi connectivity index (χ2n) is 3.65. The Hall–Kier alpha value is -0.790. The largest absolute Gasteiger partial charge is 0.465 e. The number of hydrogen-bond acceptors (Lipinski definition) is 2. The molecule has 0 bridgehead atoms. The molecule has 74 valence electrons. The van der Waals surface area contributed by atoms with E-state index in [1.807, 2.05) is 0 Å². The van der Waals surface area contributed by atoms with Crippen molar-refractivity contribution in [3.05, 3.63) is 12.7 Å². The summed E-state index contributed by atoms with van der Waals surface area (Å²) in [5.41, 5.74) is 0. The third-order valence-electron chi connectivity index (χ3n) is 2.52. The van der Waals surface area contributed by atoms with E-state index in [0.29, 0.717) is 18.9 Å². The predicted molar refractivity (Wildman–Crippen MR) is 52.3 cm³/mol. The van der Waals surface area contributed by atoms with E-state index < -0.39 is 0 Å². The van der Waals surface area contributed by atoms with Gasteiger partial charge in [0.05, 0.1) is 6.61 Å². The topological polar surface area (TPSA) is 26.3 Å². The molecule has 0 saturated heterocycles. The Labute approximate surface area is 80.0 Å². The average molecular weight is 182 g/mol. The van der Waals surface area contributed by atoms with Crippen molar-refractivity contribution in [2.45, 2.75) is 38.5 Å². The molecule has 0 aromatic heterocycles. The zero-order chi connectivity index (χ0) is 9.52. The summed E-state index contributed by atoms with van der Waals surface area (Å²) in [5.74, 6) is 0.560. The highest BCUT2D eigenvalue weighted by Crippen LogP contribution is 2.27. The molecule has 0 amide bonds. The smallest absolute Gasteiger partial charge is 0.306 e. The van der Waals surface area contributed by atoms with E-state index in [1.54, 1.807) is 6.08 Å². The van der Waals surface area contributed by atoms with Gasteiger partial charge in [-0.15, -0.1) is 6.58 Å². The molecule has 13 heavy (non-hydrogen) atoms. The summed E-state index contributed by atoms with van der Waals surface area (Å²) >= 11 is 0. The fourth-order valence-corrected chi connectivity index (χ4v) is 1.77. The number of carbonyl (C=O) groups is 1. The monoisotopic (exact) mass is 182 g/mol. The summed E-state index contributed by atoms with van der Waals surface area (Å²) in [6.45, 7) is 4.06. The van der Waals surface area contributed by atoms with E-state index >= 15 is 0 Å². The molecule has 1 aliphatic carbocycles. The molecule has 0 atom stereocenters. The second kappa shape index (κ2) is 5.79. The maximum absolute atomic E-state index is 11.2. The quantitative estimate of drug-likeness (QED) is 0.371. The molecule has 0 radical (unpaired) electrons. The minimum absolute atomic E-state index is 0.0336. The number of ether oxygens (including phenoxy) is 1. The van der Waals surface area contributed by atoms with Gasteiger partial charge in [-0.1, -0.05) is 18.9 Å². The van der Waals surface area contributed by atoms with E-state index in [4.69, 9.17) is 4.74 Å². The second-order valence-corrected chi connectivity index (χ2v) is 3.65. The van der Waals surface area contributed by atoms with Gasteiger partial charge in [-0.2, -0.15) is 0 Å². The minimum atomic E-state index is -0.0336. The fraction of sp³-hybridized carbons (Fsp3) is 0.727.